The summed E-state index contributed by atoms with van der Waals surface area (Å²) >= 11 is 0. The van der Waals surface area contributed by atoms with E-state index < -0.39 is 30.5 Å². The van der Waals surface area contributed by atoms with Gasteiger partial charge in [0, 0.05) is 5.92 Å². The van der Waals surface area contributed by atoms with Crippen molar-refractivity contribution in [3.63, 3.8) is 0 Å². The first-order chi connectivity index (χ1) is 15.0. The van der Waals surface area contributed by atoms with E-state index in [2.05, 4.69) is 39.9 Å². The van der Waals surface area contributed by atoms with E-state index in [4.69, 9.17) is 9.84 Å². The van der Waals surface area contributed by atoms with Crippen LogP contribution in [0.4, 0.5) is 4.79 Å². The van der Waals surface area contributed by atoms with Gasteiger partial charge in [-0.3, -0.25) is 9.63 Å². The smallest absolute Gasteiger partial charge is 0.407 e. The Balaban J connectivity index is 1.28. The van der Waals surface area contributed by atoms with Crippen molar-refractivity contribution in [2.75, 3.05) is 13.2 Å². The van der Waals surface area contributed by atoms with E-state index in [1.807, 2.05) is 24.3 Å². The van der Waals surface area contributed by atoms with Gasteiger partial charge in [0.05, 0.1) is 12.0 Å². The van der Waals surface area contributed by atoms with Crippen molar-refractivity contribution in [1.29, 1.82) is 0 Å². The van der Waals surface area contributed by atoms with Crippen LogP contribution in [0.15, 0.2) is 60.7 Å². The molecule has 2 aliphatic rings. The quantitative estimate of drug-likeness (QED) is 0.467. The molecule has 8 heteroatoms. The Labute approximate surface area is 178 Å². The molecule has 2 aromatic carbocycles. The highest BCUT2D eigenvalue weighted by Gasteiger charge is 2.30. The molecule has 31 heavy (non-hydrogen) atoms. The van der Waals surface area contributed by atoms with Gasteiger partial charge < -0.3 is 15.2 Å². The first-order valence-electron chi connectivity index (χ1n) is 9.96. The fourth-order valence-corrected chi connectivity index (χ4v) is 4.04. The summed E-state index contributed by atoms with van der Waals surface area (Å²) in [4.78, 5) is 39.3. The Hall–Kier alpha value is -3.65. The largest absolute Gasteiger partial charge is 0.479 e. The first-order valence-corrected chi connectivity index (χ1v) is 9.96. The van der Waals surface area contributed by atoms with Gasteiger partial charge >= 0.3 is 12.1 Å². The predicted octanol–water partition coefficient (Wildman–Crippen LogP) is 2.60. The van der Waals surface area contributed by atoms with Crippen LogP contribution in [-0.2, 0) is 19.2 Å². The maximum absolute atomic E-state index is 12.3. The zero-order valence-electron chi connectivity index (χ0n) is 16.6. The summed E-state index contributed by atoms with van der Waals surface area (Å²) in [5, 5.41) is 11.3. The van der Waals surface area contributed by atoms with Gasteiger partial charge in [-0.2, -0.15) is 0 Å². The Morgan fingerprint density at radius 2 is 1.61 bits per heavy atom. The molecule has 2 atom stereocenters. The minimum absolute atomic E-state index is 0.0258. The third-order valence-corrected chi connectivity index (χ3v) is 5.44. The summed E-state index contributed by atoms with van der Waals surface area (Å²) in [6.07, 6.45) is 3.14. The van der Waals surface area contributed by atoms with Crippen LogP contribution in [0.3, 0.4) is 0 Å². The Kier molecular flexibility index (Phi) is 5.99. The van der Waals surface area contributed by atoms with Crippen LogP contribution < -0.4 is 10.8 Å². The lowest BCUT2D eigenvalue weighted by Crippen LogP contribution is -2.36. The van der Waals surface area contributed by atoms with Gasteiger partial charge in [0.15, 0.2) is 6.61 Å². The molecule has 0 fully saturated rings. The van der Waals surface area contributed by atoms with Crippen LogP contribution in [-0.4, -0.2) is 42.3 Å². The van der Waals surface area contributed by atoms with Crippen LogP contribution in [0.25, 0.3) is 11.1 Å². The molecule has 0 saturated heterocycles. The number of fused-ring (bicyclic) bond motifs is 3. The Morgan fingerprint density at radius 1 is 0.968 bits per heavy atom. The summed E-state index contributed by atoms with van der Waals surface area (Å²) in [6, 6.07) is 15.8. The van der Waals surface area contributed by atoms with E-state index in [1.165, 1.54) is 0 Å². The van der Waals surface area contributed by atoms with Crippen LogP contribution in [0, 0.1) is 5.92 Å². The van der Waals surface area contributed by atoms with Gasteiger partial charge in [0.25, 0.3) is 5.91 Å². The Bertz CT molecular complexity index is 989. The third kappa shape index (κ3) is 4.59. The first kappa shape index (κ1) is 20.6. The number of hydroxylamine groups is 1. The number of benzene rings is 2. The molecule has 0 saturated carbocycles. The number of aliphatic carboxylic acids is 1. The minimum Gasteiger partial charge on any atom is -0.479 e. The SMILES string of the molecule is O=C(O)CONC(=O)C1C=CC(NC(=O)OCC2c3ccccc3-c3ccccc32)C1. The molecule has 0 aliphatic heterocycles. The molecule has 2 aromatic rings. The van der Waals surface area contributed by atoms with Crippen LogP contribution >= 0.6 is 0 Å². The lowest BCUT2D eigenvalue weighted by Gasteiger charge is -2.17. The number of ether oxygens (including phenoxy) is 1. The van der Waals surface area contributed by atoms with Crippen molar-refractivity contribution >= 4 is 18.0 Å². The van der Waals surface area contributed by atoms with E-state index in [-0.39, 0.29) is 18.6 Å². The van der Waals surface area contributed by atoms with Crippen molar-refractivity contribution in [3.05, 3.63) is 71.8 Å². The van der Waals surface area contributed by atoms with Gasteiger partial charge in [-0.15, -0.1) is 0 Å². The molecule has 0 spiro atoms. The normalized spacial score (nSPS) is 18.8. The zero-order chi connectivity index (χ0) is 21.8. The molecule has 8 nitrogen and oxygen atoms in total. The molecule has 0 radical (unpaired) electrons. The molecule has 2 aliphatic carbocycles. The van der Waals surface area contributed by atoms with Crippen molar-refractivity contribution < 1.29 is 29.1 Å². The molecule has 160 valence electrons. The number of nitrogens with one attached hydrogen (secondary N) is 2. The minimum atomic E-state index is -1.18. The Morgan fingerprint density at radius 3 is 2.26 bits per heavy atom. The van der Waals surface area contributed by atoms with E-state index in [0.29, 0.717) is 6.42 Å². The molecule has 3 N–H and O–H groups in total. The summed E-state index contributed by atoms with van der Waals surface area (Å²) in [5.41, 5.74) is 6.68. The monoisotopic (exact) mass is 422 g/mol. The van der Waals surface area contributed by atoms with Crippen molar-refractivity contribution in [2.24, 2.45) is 5.92 Å². The zero-order valence-corrected chi connectivity index (χ0v) is 16.6. The number of hydrogen-bond donors (Lipinski definition) is 3. The molecule has 4 rings (SSSR count). The number of carbonyl (C=O) groups is 3. The lowest BCUT2D eigenvalue weighted by molar-refractivity contribution is -0.150. The van der Waals surface area contributed by atoms with Crippen molar-refractivity contribution in [1.82, 2.24) is 10.8 Å². The molecule has 0 bridgehead atoms. The number of carboxylic acid groups (broad SMARTS) is 1. The summed E-state index contributed by atoms with van der Waals surface area (Å²) in [5.74, 6) is -2.19. The van der Waals surface area contributed by atoms with Gasteiger partial charge in [0.2, 0.25) is 0 Å². The maximum Gasteiger partial charge on any atom is 0.407 e. The highest BCUT2D eigenvalue weighted by Crippen LogP contribution is 2.44. The summed E-state index contributed by atoms with van der Waals surface area (Å²) in [6.45, 7) is -0.410. The fraction of sp³-hybridized carbons (Fsp3) is 0.261. The molecule has 0 heterocycles. The summed E-state index contributed by atoms with van der Waals surface area (Å²) < 4.78 is 5.51. The van der Waals surface area contributed by atoms with E-state index in [9.17, 15) is 14.4 Å². The third-order valence-electron chi connectivity index (χ3n) is 5.44. The number of rotatable bonds is 7. The van der Waals surface area contributed by atoms with Crippen LogP contribution in [0.2, 0.25) is 0 Å². The number of hydrogen-bond acceptors (Lipinski definition) is 5. The fourth-order valence-electron chi connectivity index (χ4n) is 4.04. The summed E-state index contributed by atoms with van der Waals surface area (Å²) in [7, 11) is 0. The number of carbonyl (C=O) groups excluding carboxylic acids is 2. The second-order valence-electron chi connectivity index (χ2n) is 7.45. The molecule has 2 amide bonds. The second kappa shape index (κ2) is 9.01. The van der Waals surface area contributed by atoms with Crippen molar-refractivity contribution in [3.8, 4) is 11.1 Å². The number of amides is 2. The highest BCUT2D eigenvalue weighted by molar-refractivity contribution is 5.81. The van der Waals surface area contributed by atoms with Crippen LogP contribution in [0.5, 0.6) is 0 Å². The standard InChI is InChI=1S/C23H22N2O6/c26-21(27)13-31-25-22(28)14-9-10-15(11-14)24-23(29)30-12-20-18-7-3-1-5-16(18)17-6-2-4-8-19(17)20/h1-10,14-15,20H,11-13H2,(H,24,29)(H,25,28)(H,26,27). The predicted molar refractivity (Wildman–Crippen MR) is 111 cm³/mol. The molecular formula is C23H22N2O6. The highest BCUT2D eigenvalue weighted by atomic mass is 16.7. The molecule has 0 aromatic heterocycles. The van der Waals surface area contributed by atoms with Crippen LogP contribution in [0.1, 0.15) is 23.5 Å². The van der Waals surface area contributed by atoms with Gasteiger partial charge in [-0.05, 0) is 28.7 Å². The lowest BCUT2D eigenvalue weighted by atomic mass is 9.98. The average molecular weight is 422 g/mol. The number of carboxylic acids is 1. The molecular weight excluding hydrogens is 400 g/mol. The average Bonchev–Trinajstić information content (AvgIpc) is 3.35. The van der Waals surface area contributed by atoms with Gasteiger partial charge in [-0.1, -0.05) is 60.7 Å². The topological polar surface area (TPSA) is 114 Å². The maximum atomic E-state index is 12.3. The van der Waals surface area contributed by atoms with E-state index >= 15 is 0 Å². The number of alkyl carbamates (subject to hydrolysis) is 1. The van der Waals surface area contributed by atoms with Gasteiger partial charge in [-0.25, -0.2) is 15.1 Å². The second-order valence-corrected chi connectivity index (χ2v) is 7.45. The van der Waals surface area contributed by atoms with E-state index in [1.54, 1.807) is 12.2 Å². The van der Waals surface area contributed by atoms with E-state index in [0.717, 1.165) is 22.3 Å². The van der Waals surface area contributed by atoms with Crippen molar-refractivity contribution in [2.45, 2.75) is 18.4 Å². The van der Waals surface area contributed by atoms with Gasteiger partial charge in [0.1, 0.15) is 6.61 Å². The molecule has 2 unspecified atom stereocenters.